The van der Waals surface area contributed by atoms with E-state index in [0.717, 1.165) is 16.7 Å². The zero-order chi connectivity index (χ0) is 76.1. The lowest BCUT2D eigenvalue weighted by atomic mass is 10.0. The van der Waals surface area contributed by atoms with Gasteiger partial charge in [0.2, 0.25) is 88.6 Å². The molecule has 15 amide bonds. The molecule has 4 rings (SSSR count). The molecule has 42 nitrogen and oxygen atoms in total. The number of carboxylic acid groups (broad SMARTS) is 2. The summed E-state index contributed by atoms with van der Waals surface area (Å²) in [5.41, 5.74) is 11.4. The molecule has 0 radical (unpaired) electrons. The molecule has 23 N–H and O–H groups in total. The van der Waals surface area contributed by atoms with E-state index in [1.54, 1.807) is 27.7 Å². The van der Waals surface area contributed by atoms with E-state index in [9.17, 15) is 102 Å². The van der Waals surface area contributed by atoms with Gasteiger partial charge in [0.15, 0.2) is 0 Å². The number of primary amides is 1. The third-order valence-electron chi connectivity index (χ3n) is 15.8. The van der Waals surface area contributed by atoms with Crippen molar-refractivity contribution >= 4 is 101 Å². The summed E-state index contributed by atoms with van der Waals surface area (Å²) in [7, 11) is 0. The average Bonchev–Trinajstić information content (AvgIpc) is 1.62. The summed E-state index contributed by atoms with van der Waals surface area (Å²) in [6.45, 7) is 2.73. The first-order chi connectivity index (χ1) is 48.2. The number of aliphatic carboxylic acids is 2. The lowest BCUT2D eigenvalue weighted by Gasteiger charge is -2.31. The summed E-state index contributed by atoms with van der Waals surface area (Å²) in [5, 5.41) is 77.3. The number of carboxylic acids is 2. The van der Waals surface area contributed by atoms with Gasteiger partial charge in [0.1, 0.15) is 73.0 Å². The molecule has 4 heterocycles. The Morgan fingerprint density at radius 2 is 0.902 bits per heavy atom. The molecule has 12 atom stereocenters. The number of aliphatic hydroxyl groups is 3. The fourth-order valence-electron chi connectivity index (χ4n) is 10.8. The summed E-state index contributed by atoms with van der Waals surface area (Å²) in [6, 6.07) is -17.3. The average molecular weight is 1450 g/mol. The summed E-state index contributed by atoms with van der Waals surface area (Å²) in [5.74, 6) is -18.5. The number of likely N-dealkylation sites (tertiary alicyclic amines) is 2. The fraction of sp³-hybridized carbons (Fsp3) is 0.617. The molecule has 2 aliphatic rings. The second-order valence-electron chi connectivity index (χ2n) is 25.0. The Hall–Kier alpha value is -10.7. The number of nitrogens with two attached hydrogens (primary N) is 2. The Morgan fingerprint density at radius 3 is 1.36 bits per heavy atom. The molecule has 0 bridgehead atoms. The van der Waals surface area contributed by atoms with Gasteiger partial charge in [0.05, 0.1) is 64.4 Å². The van der Waals surface area contributed by atoms with E-state index in [1.807, 2.05) is 5.32 Å². The molecule has 42 heteroatoms. The number of nitrogens with zero attached hydrogens (tertiary/aromatic N) is 4. The molecule has 2 aromatic rings. The van der Waals surface area contributed by atoms with Gasteiger partial charge in [-0.05, 0) is 57.3 Å². The maximum atomic E-state index is 14.3. The molecule has 0 unspecified atom stereocenters. The number of hydrogen-bond donors (Lipinski definition) is 21. The molecule has 0 spiro atoms. The molecule has 2 aliphatic heterocycles. The van der Waals surface area contributed by atoms with E-state index >= 15 is 0 Å². The third kappa shape index (κ3) is 27.1. The van der Waals surface area contributed by atoms with Crippen molar-refractivity contribution < 1.29 is 107 Å². The van der Waals surface area contributed by atoms with E-state index in [-0.39, 0.29) is 82.0 Å². The molecular formula is C60H92N20O22. The number of imidazole rings is 2. The number of rotatable bonds is 42. The second-order valence-corrected chi connectivity index (χ2v) is 25.0. The van der Waals surface area contributed by atoms with Gasteiger partial charge in [-0.2, -0.15) is 0 Å². The lowest BCUT2D eigenvalue weighted by molar-refractivity contribution is -0.146. The van der Waals surface area contributed by atoms with Crippen molar-refractivity contribution in [1.29, 1.82) is 0 Å². The molecule has 0 saturated carbocycles. The van der Waals surface area contributed by atoms with Gasteiger partial charge in [-0.1, -0.05) is 27.7 Å². The summed E-state index contributed by atoms with van der Waals surface area (Å²) < 4.78 is 0. The van der Waals surface area contributed by atoms with Crippen molar-refractivity contribution in [3.63, 3.8) is 0 Å². The highest BCUT2D eigenvalue weighted by Crippen LogP contribution is 2.23. The maximum Gasteiger partial charge on any atom is 0.322 e. The first kappa shape index (κ1) is 83.7. The van der Waals surface area contributed by atoms with E-state index in [2.05, 4.69) is 78.4 Å². The molecule has 0 aliphatic carbocycles. The van der Waals surface area contributed by atoms with Crippen LogP contribution in [-0.2, 0) is 94.3 Å². The largest absolute Gasteiger partial charge is 0.481 e. The Labute approximate surface area is 583 Å². The van der Waals surface area contributed by atoms with Crippen LogP contribution in [0.2, 0.25) is 0 Å². The van der Waals surface area contributed by atoms with Crippen molar-refractivity contribution in [3.05, 3.63) is 36.4 Å². The minimum absolute atomic E-state index is 0.0142. The van der Waals surface area contributed by atoms with Gasteiger partial charge < -0.3 is 121 Å². The van der Waals surface area contributed by atoms with Crippen LogP contribution < -0.4 is 75.3 Å². The topological polar surface area (TPSA) is 652 Å². The number of aromatic nitrogens is 4. The normalized spacial score (nSPS) is 17.0. The lowest BCUT2D eigenvalue weighted by Crippen LogP contribution is -2.61. The first-order valence-electron chi connectivity index (χ1n) is 32.6. The summed E-state index contributed by atoms with van der Waals surface area (Å²) >= 11 is 0. The number of aliphatic hydroxyl groups excluding tert-OH is 3. The number of H-pyrrole nitrogens is 2. The third-order valence-corrected chi connectivity index (χ3v) is 15.8. The highest BCUT2D eigenvalue weighted by atomic mass is 16.4. The Bertz CT molecular complexity index is 3300. The molecule has 0 aromatic carbocycles. The van der Waals surface area contributed by atoms with E-state index in [0.29, 0.717) is 5.69 Å². The van der Waals surface area contributed by atoms with Crippen LogP contribution in [0.5, 0.6) is 0 Å². The van der Waals surface area contributed by atoms with Crippen LogP contribution in [0.25, 0.3) is 0 Å². The van der Waals surface area contributed by atoms with Crippen molar-refractivity contribution in [3.8, 4) is 0 Å². The van der Waals surface area contributed by atoms with Gasteiger partial charge in [-0.15, -0.1) is 0 Å². The van der Waals surface area contributed by atoms with E-state index in [1.165, 1.54) is 25.0 Å². The summed E-state index contributed by atoms with van der Waals surface area (Å²) in [4.78, 5) is 240. The number of carbonyl (C=O) groups is 17. The molecule has 2 aromatic heterocycles. The van der Waals surface area contributed by atoms with Crippen molar-refractivity contribution in [2.45, 2.75) is 171 Å². The number of aromatic amines is 2. The molecule has 2 fully saturated rings. The van der Waals surface area contributed by atoms with Gasteiger partial charge in [-0.25, -0.2) is 9.97 Å². The predicted molar refractivity (Wildman–Crippen MR) is 348 cm³/mol. The zero-order valence-electron chi connectivity index (χ0n) is 56.7. The van der Waals surface area contributed by atoms with Crippen molar-refractivity contribution in [2.24, 2.45) is 23.3 Å². The van der Waals surface area contributed by atoms with Gasteiger partial charge in [-0.3, -0.25) is 81.5 Å². The van der Waals surface area contributed by atoms with Crippen LogP contribution >= 0.6 is 0 Å². The van der Waals surface area contributed by atoms with Gasteiger partial charge >= 0.3 is 11.9 Å². The number of nitrogens with one attached hydrogen (secondary N) is 14. The Morgan fingerprint density at radius 1 is 0.490 bits per heavy atom. The predicted octanol–water partition coefficient (Wildman–Crippen LogP) is -10.5. The van der Waals surface area contributed by atoms with Crippen LogP contribution in [0.1, 0.15) is 97.4 Å². The highest BCUT2D eigenvalue weighted by Gasteiger charge is 2.43. The number of carbonyl (C=O) groups excluding carboxylic acids is 15. The smallest absolute Gasteiger partial charge is 0.322 e. The SMILES string of the molecule is CC(C)C[C@H](NC(=O)CN)C(=O)N[C@@H](Cc1cnc[nH]1)C(=O)N[C@@H](CC(=O)O)C(=O)N1CCC[C@H]1C(=O)N[C@@H](CO)C(=O)N[C@@H](Cc1cnc[nH]1)C(=O)NCC(=O)N[C@H](C(=O)N[C@@H](CC(C)C)C(=O)N1CCC[C@H]1C(=O)N[C@@H](CC(N)=O)C(=O)NCC(=O)N[C@@H](CO)C(=O)NCC(=O)O)[C@@H](C)O. The quantitative estimate of drug-likeness (QED) is 0.0293. The van der Waals surface area contributed by atoms with Crippen LogP contribution in [0.4, 0.5) is 0 Å². The molecule has 564 valence electrons. The maximum absolute atomic E-state index is 14.3. The van der Waals surface area contributed by atoms with E-state index < -0.39 is 225 Å². The summed E-state index contributed by atoms with van der Waals surface area (Å²) in [6.07, 6.45) is 1.49. The zero-order valence-corrected chi connectivity index (χ0v) is 56.7. The number of amides is 15. The molecule has 2 saturated heterocycles. The number of hydrogen-bond acceptors (Lipinski definition) is 23. The molecular weight excluding hydrogens is 1350 g/mol. The van der Waals surface area contributed by atoms with Crippen LogP contribution in [-0.4, -0.2) is 281 Å². The second kappa shape index (κ2) is 41.1. The minimum atomic E-state index is -1.85. The first-order valence-corrected chi connectivity index (χ1v) is 32.6. The van der Waals surface area contributed by atoms with Gasteiger partial charge in [0, 0.05) is 49.7 Å². The van der Waals surface area contributed by atoms with Crippen molar-refractivity contribution in [1.82, 2.24) is 93.5 Å². The van der Waals surface area contributed by atoms with Crippen LogP contribution in [0.3, 0.4) is 0 Å². The standard InChI is InChI=1S/C60H92N20O22/c1-28(2)12-33(70-44(85)18-61)53(95)73-35(15-32-20-64-27-69-32)54(96)75-38(17-47(88)89)60(102)80-11-7-9-42(80)57(99)77-40(25-82)55(97)72-34(14-31-19-63-26-68-31)50(92)66-22-46(87)78-49(30(5)83)58(100)76-37(13-29(3)4)59(101)79-10-6-8-41(79)56(98)74-36(16-43(62)84)51(93)65-21-45(86)71-39(24-81)52(94)67-23-48(90)91/h19-20,26-30,33-42,49,81-83H,6-18,21-25,61H2,1-5H3,(H2,62,84)(H,63,68)(H,64,69)(H,65,93)(H,66,92)(H,67,94)(H,70,85)(H,71,86)(H,72,97)(H,73,95)(H,74,98)(H,75,96)(H,76,100)(H,77,99)(H,78,87)(H,88,89)(H,90,91)/t30-,33+,34+,35+,36+,37+,38+,39+,40+,41+,42+,49+/m1/s1. The Kier molecular flexibility index (Phi) is 33.7. The Balaban J connectivity index is 1.42. The van der Waals surface area contributed by atoms with Crippen molar-refractivity contribution in [2.75, 3.05) is 52.5 Å². The molecule has 102 heavy (non-hydrogen) atoms. The monoisotopic (exact) mass is 1440 g/mol. The van der Waals surface area contributed by atoms with Gasteiger partial charge in [0.25, 0.3) is 0 Å². The minimum Gasteiger partial charge on any atom is -0.481 e. The van der Waals surface area contributed by atoms with Crippen LogP contribution in [0.15, 0.2) is 25.0 Å². The van der Waals surface area contributed by atoms with Crippen LogP contribution in [0, 0.1) is 11.8 Å². The fourth-order valence-corrected chi connectivity index (χ4v) is 10.8. The highest BCUT2D eigenvalue weighted by molar-refractivity contribution is 6.01. The van der Waals surface area contributed by atoms with E-state index in [4.69, 9.17) is 16.6 Å².